The summed E-state index contributed by atoms with van der Waals surface area (Å²) in [6.45, 7) is 0. The first-order valence-electron chi connectivity index (χ1n) is 5.24. The fourth-order valence-corrected chi connectivity index (χ4v) is 1.73. The zero-order valence-corrected chi connectivity index (χ0v) is 9.24. The summed E-state index contributed by atoms with van der Waals surface area (Å²) in [5.41, 5.74) is 0.531. The Morgan fingerprint density at radius 3 is 2.33 bits per heavy atom. The highest BCUT2D eigenvalue weighted by atomic mass is 19.4. The Morgan fingerprint density at radius 2 is 1.67 bits per heavy atom. The summed E-state index contributed by atoms with van der Waals surface area (Å²) in [4.78, 5) is 10.9. The number of carbonyl (C=O) groups is 1. The molecular formula is C14H9F3O. The standard InChI is InChI=1S/C14H9F3O/c15-14(16,17)12-6-3-5-10(8-12)13-7-2-1-4-11(13)9-18/h1-9H. The van der Waals surface area contributed by atoms with Crippen LogP contribution in [0, 0.1) is 0 Å². The number of hydrogen-bond acceptors (Lipinski definition) is 1. The molecule has 0 aromatic heterocycles. The van der Waals surface area contributed by atoms with Crippen molar-refractivity contribution in [3.05, 3.63) is 59.7 Å². The van der Waals surface area contributed by atoms with Crippen LogP contribution in [0.1, 0.15) is 15.9 Å². The van der Waals surface area contributed by atoms with E-state index >= 15 is 0 Å². The topological polar surface area (TPSA) is 17.1 Å². The Kier molecular flexibility index (Phi) is 3.19. The van der Waals surface area contributed by atoms with Crippen LogP contribution in [-0.4, -0.2) is 6.29 Å². The molecular weight excluding hydrogens is 241 g/mol. The molecule has 1 nitrogen and oxygen atoms in total. The molecule has 2 aromatic rings. The molecule has 0 spiro atoms. The minimum Gasteiger partial charge on any atom is -0.298 e. The third-order valence-corrected chi connectivity index (χ3v) is 2.59. The van der Waals surface area contributed by atoms with Crippen LogP contribution in [-0.2, 0) is 6.18 Å². The number of aldehydes is 1. The molecule has 0 heterocycles. The predicted octanol–water partition coefficient (Wildman–Crippen LogP) is 4.18. The van der Waals surface area contributed by atoms with Crippen molar-refractivity contribution in [3.8, 4) is 11.1 Å². The van der Waals surface area contributed by atoms with E-state index in [0.717, 1.165) is 12.1 Å². The van der Waals surface area contributed by atoms with Gasteiger partial charge in [0.1, 0.15) is 0 Å². The van der Waals surface area contributed by atoms with Crippen molar-refractivity contribution >= 4 is 6.29 Å². The highest BCUT2D eigenvalue weighted by Crippen LogP contribution is 2.32. The molecule has 0 fully saturated rings. The first kappa shape index (κ1) is 12.4. The number of halogens is 3. The van der Waals surface area contributed by atoms with E-state index in [2.05, 4.69) is 0 Å². The maximum Gasteiger partial charge on any atom is 0.416 e. The molecule has 0 radical (unpaired) electrons. The Morgan fingerprint density at radius 1 is 0.944 bits per heavy atom. The Bertz CT molecular complexity index is 573. The number of carbonyl (C=O) groups excluding carboxylic acids is 1. The van der Waals surface area contributed by atoms with E-state index in [4.69, 9.17) is 0 Å². The maximum atomic E-state index is 12.6. The van der Waals surface area contributed by atoms with Gasteiger partial charge >= 0.3 is 6.18 Å². The van der Waals surface area contributed by atoms with E-state index in [1.54, 1.807) is 30.3 Å². The van der Waals surface area contributed by atoms with Crippen molar-refractivity contribution in [1.82, 2.24) is 0 Å². The molecule has 0 atom stereocenters. The lowest BCUT2D eigenvalue weighted by Crippen LogP contribution is -2.04. The summed E-state index contributed by atoms with van der Waals surface area (Å²) < 4.78 is 37.8. The van der Waals surface area contributed by atoms with Crippen LogP contribution in [0.5, 0.6) is 0 Å². The minimum absolute atomic E-state index is 0.372. The van der Waals surface area contributed by atoms with Crippen LogP contribution in [0.25, 0.3) is 11.1 Å². The van der Waals surface area contributed by atoms with Gasteiger partial charge in [0.15, 0.2) is 6.29 Å². The summed E-state index contributed by atoms with van der Waals surface area (Å²) in [6.07, 6.45) is -3.75. The zero-order chi connectivity index (χ0) is 13.2. The molecule has 4 heteroatoms. The monoisotopic (exact) mass is 250 g/mol. The molecule has 0 bridgehead atoms. The van der Waals surface area contributed by atoms with Crippen molar-refractivity contribution in [2.75, 3.05) is 0 Å². The molecule has 18 heavy (non-hydrogen) atoms. The molecule has 2 rings (SSSR count). The Balaban J connectivity index is 2.55. The van der Waals surface area contributed by atoms with Gasteiger partial charge in [-0.3, -0.25) is 4.79 Å². The van der Waals surface area contributed by atoms with E-state index in [1.807, 2.05) is 0 Å². The van der Waals surface area contributed by atoms with Gasteiger partial charge in [-0.1, -0.05) is 36.4 Å². The van der Waals surface area contributed by atoms with Crippen LogP contribution in [0.3, 0.4) is 0 Å². The minimum atomic E-state index is -4.38. The summed E-state index contributed by atoms with van der Waals surface area (Å²) in [5, 5.41) is 0. The van der Waals surface area contributed by atoms with Gasteiger partial charge in [0.2, 0.25) is 0 Å². The molecule has 0 aliphatic carbocycles. The second-order valence-electron chi connectivity index (χ2n) is 3.78. The van der Waals surface area contributed by atoms with Gasteiger partial charge in [-0.05, 0) is 23.3 Å². The van der Waals surface area contributed by atoms with Crippen molar-refractivity contribution in [2.24, 2.45) is 0 Å². The number of benzene rings is 2. The smallest absolute Gasteiger partial charge is 0.298 e. The summed E-state index contributed by atoms with van der Waals surface area (Å²) in [7, 11) is 0. The lowest BCUT2D eigenvalue weighted by atomic mass is 9.99. The number of hydrogen-bond donors (Lipinski definition) is 0. The first-order chi connectivity index (χ1) is 8.52. The van der Waals surface area contributed by atoms with E-state index < -0.39 is 11.7 Å². The molecule has 0 saturated heterocycles. The number of alkyl halides is 3. The second-order valence-corrected chi connectivity index (χ2v) is 3.78. The van der Waals surface area contributed by atoms with Gasteiger partial charge < -0.3 is 0 Å². The van der Waals surface area contributed by atoms with Crippen molar-refractivity contribution < 1.29 is 18.0 Å². The van der Waals surface area contributed by atoms with Crippen molar-refractivity contribution in [1.29, 1.82) is 0 Å². The van der Waals surface area contributed by atoms with Gasteiger partial charge in [-0.15, -0.1) is 0 Å². The molecule has 0 N–H and O–H groups in total. The predicted molar refractivity (Wildman–Crippen MR) is 62.3 cm³/mol. The van der Waals surface area contributed by atoms with E-state index in [1.165, 1.54) is 6.07 Å². The quantitative estimate of drug-likeness (QED) is 0.730. The Hall–Kier alpha value is -2.10. The zero-order valence-electron chi connectivity index (χ0n) is 9.24. The van der Waals surface area contributed by atoms with Crippen LogP contribution in [0.4, 0.5) is 13.2 Å². The highest BCUT2D eigenvalue weighted by Gasteiger charge is 2.30. The molecule has 92 valence electrons. The third kappa shape index (κ3) is 2.42. The normalized spacial score (nSPS) is 11.3. The molecule has 0 amide bonds. The fraction of sp³-hybridized carbons (Fsp3) is 0.0714. The largest absolute Gasteiger partial charge is 0.416 e. The summed E-state index contributed by atoms with van der Waals surface area (Å²) >= 11 is 0. The SMILES string of the molecule is O=Cc1ccccc1-c1cccc(C(F)(F)F)c1. The van der Waals surface area contributed by atoms with Crippen molar-refractivity contribution in [3.63, 3.8) is 0 Å². The summed E-state index contributed by atoms with van der Waals surface area (Å²) in [5.74, 6) is 0. The average Bonchev–Trinajstić information content (AvgIpc) is 2.38. The van der Waals surface area contributed by atoms with Crippen LogP contribution in [0.2, 0.25) is 0 Å². The first-order valence-corrected chi connectivity index (χ1v) is 5.24. The van der Waals surface area contributed by atoms with Gasteiger partial charge in [0.25, 0.3) is 0 Å². The van der Waals surface area contributed by atoms with Gasteiger partial charge in [0.05, 0.1) is 5.56 Å². The molecule has 0 unspecified atom stereocenters. The Labute approximate surface area is 102 Å². The van der Waals surface area contributed by atoms with Crippen LogP contribution >= 0.6 is 0 Å². The van der Waals surface area contributed by atoms with Gasteiger partial charge in [-0.25, -0.2) is 0 Å². The summed E-state index contributed by atoms with van der Waals surface area (Å²) in [6, 6.07) is 11.5. The van der Waals surface area contributed by atoms with Crippen LogP contribution < -0.4 is 0 Å². The number of rotatable bonds is 2. The second kappa shape index (κ2) is 4.64. The van der Waals surface area contributed by atoms with E-state index in [9.17, 15) is 18.0 Å². The van der Waals surface area contributed by atoms with Gasteiger partial charge in [0, 0.05) is 5.56 Å². The molecule has 0 aliphatic rings. The van der Waals surface area contributed by atoms with Crippen LogP contribution in [0.15, 0.2) is 48.5 Å². The molecule has 2 aromatic carbocycles. The van der Waals surface area contributed by atoms with Gasteiger partial charge in [-0.2, -0.15) is 13.2 Å². The molecule has 0 saturated carbocycles. The molecule has 0 aliphatic heterocycles. The lowest BCUT2D eigenvalue weighted by Gasteiger charge is -2.10. The fourth-order valence-electron chi connectivity index (χ4n) is 1.73. The van der Waals surface area contributed by atoms with E-state index in [-0.39, 0.29) is 0 Å². The maximum absolute atomic E-state index is 12.6. The highest BCUT2D eigenvalue weighted by molar-refractivity contribution is 5.87. The average molecular weight is 250 g/mol. The third-order valence-electron chi connectivity index (χ3n) is 2.59. The van der Waals surface area contributed by atoms with E-state index in [0.29, 0.717) is 23.0 Å². The van der Waals surface area contributed by atoms with Crippen molar-refractivity contribution in [2.45, 2.75) is 6.18 Å². The lowest BCUT2D eigenvalue weighted by molar-refractivity contribution is -0.137.